The Morgan fingerprint density at radius 1 is 0.580 bits per heavy atom. The standard InChI is InChI=1S/C45H83N3O21/c1-27(53)34(22-50)67-43(33(21-49)46-29(3)54)64-18-12-6-9-15-61-25-32(26-62-16-10-7-13-19-65-44-37(47-30(4)55)41(59)39(57)35(23-51)68-44)28(2)63-17-11-8-14-20-66-45-38(48-31(5)56)42(60)40(58)36(24-52)69-45/h27,33-45,49-53,57-60H,6-26H2,1-5H3,(H,46,54)(H,47,55)(H,48,56)/b32-28+/t27-,33+,34?,35?,36?,37?,38?,39?,40?,41?,42?,43?,44?,45?/m1/s1. The molecule has 2 aliphatic heterocycles. The second kappa shape index (κ2) is 35.4. The van der Waals surface area contributed by atoms with Crippen LogP contribution in [0.1, 0.15) is 92.4 Å². The van der Waals surface area contributed by atoms with E-state index in [1.165, 1.54) is 27.7 Å². The van der Waals surface area contributed by atoms with Crippen molar-refractivity contribution in [2.24, 2.45) is 0 Å². The van der Waals surface area contributed by atoms with Crippen LogP contribution >= 0.6 is 0 Å². The predicted octanol–water partition coefficient (Wildman–Crippen LogP) is -2.66. The maximum atomic E-state index is 11.7. The van der Waals surface area contributed by atoms with Crippen molar-refractivity contribution in [3.63, 3.8) is 0 Å². The van der Waals surface area contributed by atoms with Gasteiger partial charge in [-0.3, -0.25) is 14.4 Å². The van der Waals surface area contributed by atoms with Crippen LogP contribution in [-0.4, -0.2) is 229 Å². The molecule has 0 aromatic rings. The summed E-state index contributed by atoms with van der Waals surface area (Å²) >= 11 is 0. The van der Waals surface area contributed by atoms with Gasteiger partial charge in [-0.15, -0.1) is 0 Å². The number of aliphatic hydroxyl groups excluding tert-OH is 9. The lowest BCUT2D eigenvalue weighted by atomic mass is 9.97. The molecule has 0 radical (unpaired) electrons. The van der Waals surface area contributed by atoms with Crippen LogP contribution in [0.25, 0.3) is 0 Å². The minimum atomic E-state index is -1.40. The van der Waals surface area contributed by atoms with Crippen molar-refractivity contribution in [3.8, 4) is 0 Å². The zero-order valence-electron chi connectivity index (χ0n) is 40.9. The molecule has 404 valence electrons. The maximum absolute atomic E-state index is 11.7. The quantitative estimate of drug-likeness (QED) is 0.0172. The number of carbonyl (C=O) groups excluding carboxylic acids is 3. The van der Waals surface area contributed by atoms with E-state index < -0.39 is 130 Å². The minimum Gasteiger partial charge on any atom is -0.498 e. The topological polar surface area (TPSA) is 352 Å². The zero-order chi connectivity index (χ0) is 51.3. The summed E-state index contributed by atoms with van der Waals surface area (Å²) in [4.78, 5) is 35.1. The number of unbranched alkanes of at least 4 members (excludes halogenated alkanes) is 6. The average molecular weight is 1000 g/mol. The molecule has 24 heteroatoms. The molecule has 2 aliphatic rings. The van der Waals surface area contributed by atoms with E-state index in [1.807, 2.05) is 6.92 Å². The zero-order valence-corrected chi connectivity index (χ0v) is 40.9. The summed E-state index contributed by atoms with van der Waals surface area (Å²) in [5, 5.41) is 97.6. The van der Waals surface area contributed by atoms with Crippen LogP contribution < -0.4 is 16.0 Å². The van der Waals surface area contributed by atoms with E-state index in [0.29, 0.717) is 83.4 Å². The summed E-state index contributed by atoms with van der Waals surface area (Å²) in [6.45, 7) is 7.33. The van der Waals surface area contributed by atoms with E-state index in [-0.39, 0.29) is 33.0 Å². The fourth-order valence-electron chi connectivity index (χ4n) is 7.33. The Morgan fingerprint density at radius 3 is 1.43 bits per heavy atom. The highest BCUT2D eigenvalue weighted by Gasteiger charge is 2.46. The molecular formula is C45H83N3O21. The Kier molecular flexibility index (Phi) is 32.0. The van der Waals surface area contributed by atoms with Gasteiger partial charge in [-0.2, -0.15) is 0 Å². The van der Waals surface area contributed by atoms with Crippen molar-refractivity contribution in [3.05, 3.63) is 11.3 Å². The molecule has 2 saturated heterocycles. The van der Waals surface area contributed by atoms with E-state index in [0.717, 1.165) is 5.57 Å². The van der Waals surface area contributed by atoms with Gasteiger partial charge in [-0.05, 0) is 71.6 Å². The Hall–Kier alpha value is -2.73. The molecule has 12 N–H and O–H groups in total. The number of hydrogen-bond donors (Lipinski definition) is 12. The van der Waals surface area contributed by atoms with Gasteiger partial charge >= 0.3 is 0 Å². The maximum Gasteiger partial charge on any atom is 0.217 e. The van der Waals surface area contributed by atoms with Crippen LogP contribution in [0.15, 0.2) is 11.3 Å². The van der Waals surface area contributed by atoms with Crippen LogP contribution in [0.3, 0.4) is 0 Å². The average Bonchev–Trinajstić information content (AvgIpc) is 3.30. The van der Waals surface area contributed by atoms with Crippen molar-refractivity contribution in [1.29, 1.82) is 0 Å². The summed E-state index contributed by atoms with van der Waals surface area (Å²) in [6, 6.07) is -2.96. The van der Waals surface area contributed by atoms with Crippen molar-refractivity contribution in [2.75, 3.05) is 79.3 Å². The lowest BCUT2D eigenvalue weighted by Gasteiger charge is -2.42. The van der Waals surface area contributed by atoms with Crippen molar-refractivity contribution in [2.45, 2.75) is 178 Å². The van der Waals surface area contributed by atoms with Gasteiger partial charge in [0, 0.05) is 59.4 Å². The Balaban J connectivity index is 1.89. The molecule has 0 spiro atoms. The number of ether oxygens (including phenoxy) is 9. The van der Waals surface area contributed by atoms with Gasteiger partial charge in [-0.25, -0.2) is 0 Å². The number of hydrogen-bond acceptors (Lipinski definition) is 21. The highest BCUT2D eigenvalue weighted by atomic mass is 16.7. The van der Waals surface area contributed by atoms with E-state index in [1.54, 1.807) is 0 Å². The highest BCUT2D eigenvalue weighted by molar-refractivity contribution is 5.74. The van der Waals surface area contributed by atoms with Gasteiger partial charge in [0.2, 0.25) is 17.7 Å². The molecule has 14 atom stereocenters. The third kappa shape index (κ3) is 23.6. The molecule has 0 aromatic heterocycles. The van der Waals surface area contributed by atoms with Gasteiger partial charge in [0.1, 0.15) is 60.9 Å². The monoisotopic (exact) mass is 1000 g/mol. The SMILES string of the molecule is CC(=O)NC1C(OCCCCCOC/C(COCCCCCOC(OC(CO)[C@@H](C)O)[C@H](CO)NC(C)=O)=C(\C)OCCCCCOC2OC(CO)C(O)C(O)C2NC(C)=O)OC(CO)C(O)C1O. The normalized spacial score (nSPS) is 27.2. The van der Waals surface area contributed by atoms with E-state index >= 15 is 0 Å². The Morgan fingerprint density at radius 2 is 1.03 bits per heavy atom. The Bertz CT molecular complexity index is 1450. The van der Waals surface area contributed by atoms with Gasteiger partial charge in [0.25, 0.3) is 0 Å². The first kappa shape index (κ1) is 62.4. The molecular weight excluding hydrogens is 918 g/mol. The van der Waals surface area contributed by atoms with Gasteiger partial charge in [0.05, 0.1) is 58.1 Å². The van der Waals surface area contributed by atoms with Crippen molar-refractivity contribution < 1.29 is 103 Å². The van der Waals surface area contributed by atoms with Gasteiger partial charge in [0.15, 0.2) is 18.9 Å². The lowest BCUT2D eigenvalue weighted by molar-refractivity contribution is -0.270. The molecule has 0 aliphatic carbocycles. The lowest BCUT2D eigenvalue weighted by Crippen LogP contribution is -2.64. The number of allylic oxidation sites excluding steroid dienone is 1. The third-order valence-corrected chi connectivity index (χ3v) is 11.3. The van der Waals surface area contributed by atoms with Crippen LogP contribution in [0.4, 0.5) is 0 Å². The third-order valence-electron chi connectivity index (χ3n) is 11.3. The number of nitrogens with one attached hydrogen (secondary N) is 3. The van der Waals surface area contributed by atoms with E-state index in [4.69, 9.17) is 42.6 Å². The van der Waals surface area contributed by atoms with Crippen LogP contribution in [0.5, 0.6) is 0 Å². The Labute approximate surface area is 404 Å². The number of rotatable bonds is 37. The van der Waals surface area contributed by atoms with Crippen LogP contribution in [0, 0.1) is 0 Å². The second-order valence-electron chi connectivity index (χ2n) is 17.2. The molecule has 0 aromatic carbocycles. The first-order valence-corrected chi connectivity index (χ1v) is 23.9. The highest BCUT2D eigenvalue weighted by Crippen LogP contribution is 2.24. The fourth-order valence-corrected chi connectivity index (χ4v) is 7.33. The summed E-state index contributed by atoms with van der Waals surface area (Å²) in [5.74, 6) is -0.655. The minimum absolute atomic E-state index is 0.204. The largest absolute Gasteiger partial charge is 0.498 e. The summed E-state index contributed by atoms with van der Waals surface area (Å²) in [6.07, 6.45) is -7.14. The molecule has 12 unspecified atom stereocenters. The summed E-state index contributed by atoms with van der Waals surface area (Å²) < 4.78 is 52.5. The summed E-state index contributed by atoms with van der Waals surface area (Å²) in [5.41, 5.74) is 0.796. The molecule has 0 saturated carbocycles. The molecule has 69 heavy (non-hydrogen) atoms. The molecule has 3 amide bonds. The molecule has 2 heterocycles. The number of amides is 3. The number of aliphatic hydroxyl groups is 9. The summed E-state index contributed by atoms with van der Waals surface area (Å²) in [7, 11) is 0. The van der Waals surface area contributed by atoms with E-state index in [2.05, 4.69) is 16.0 Å². The van der Waals surface area contributed by atoms with Crippen LogP contribution in [-0.2, 0) is 57.0 Å². The fraction of sp³-hybridized carbons (Fsp3) is 0.889. The number of carbonyl (C=O) groups is 3. The van der Waals surface area contributed by atoms with E-state index in [9.17, 15) is 60.3 Å². The van der Waals surface area contributed by atoms with Crippen molar-refractivity contribution in [1.82, 2.24) is 16.0 Å². The first-order valence-electron chi connectivity index (χ1n) is 23.9. The predicted molar refractivity (Wildman–Crippen MR) is 243 cm³/mol. The van der Waals surface area contributed by atoms with Crippen LogP contribution in [0.2, 0.25) is 0 Å². The van der Waals surface area contributed by atoms with Crippen molar-refractivity contribution >= 4 is 17.7 Å². The smallest absolute Gasteiger partial charge is 0.217 e. The van der Waals surface area contributed by atoms with Gasteiger partial charge < -0.3 is 105 Å². The molecule has 2 fully saturated rings. The van der Waals surface area contributed by atoms with Gasteiger partial charge in [-0.1, -0.05) is 0 Å². The molecule has 0 bridgehead atoms. The second-order valence-corrected chi connectivity index (χ2v) is 17.2. The molecule has 24 nitrogen and oxygen atoms in total. The molecule has 2 rings (SSSR count). The first-order chi connectivity index (χ1) is 33.0.